The Kier molecular flexibility index (Phi) is 4.51. The lowest BCUT2D eigenvalue weighted by Crippen LogP contribution is -1.97. The van der Waals surface area contributed by atoms with Crippen molar-refractivity contribution in [3.05, 3.63) is 45.4 Å². The van der Waals surface area contributed by atoms with E-state index in [1.54, 1.807) is 24.3 Å². The molecule has 106 valence electrons. The summed E-state index contributed by atoms with van der Waals surface area (Å²) in [5.41, 5.74) is 2.68. The van der Waals surface area contributed by atoms with Crippen LogP contribution in [0.1, 0.15) is 28.8 Å². The van der Waals surface area contributed by atoms with Crippen molar-refractivity contribution in [2.24, 2.45) is 0 Å². The largest absolute Gasteiger partial charge is 0.496 e. The molecule has 0 amide bonds. The van der Waals surface area contributed by atoms with Crippen LogP contribution < -0.4 is 4.74 Å². The molecule has 1 aromatic heterocycles. The first-order valence-electron chi connectivity index (χ1n) is 6.28. The number of ketones is 1. The number of thiazole rings is 1. The van der Waals surface area contributed by atoms with E-state index in [0.29, 0.717) is 21.9 Å². The Morgan fingerprint density at radius 2 is 2.24 bits per heavy atom. The van der Waals surface area contributed by atoms with Crippen LogP contribution in [0.25, 0.3) is 11.6 Å². The average Bonchev–Trinajstić information content (AvgIpc) is 2.90. The standard InChI is InChI=1S/C16H14N2O2S/c1-10-9-21-16(18-10)14(11(2)19)7-13-5-4-12(8-17)6-15(13)20-3/h4-7,9H,1-3H3/b14-7-. The van der Waals surface area contributed by atoms with Crippen LogP contribution in [-0.4, -0.2) is 17.9 Å². The molecule has 0 atom stereocenters. The zero-order valence-corrected chi connectivity index (χ0v) is 12.8. The van der Waals surface area contributed by atoms with Gasteiger partial charge < -0.3 is 4.74 Å². The van der Waals surface area contributed by atoms with Gasteiger partial charge in [0.2, 0.25) is 0 Å². The maximum atomic E-state index is 11.9. The number of methoxy groups -OCH3 is 1. The summed E-state index contributed by atoms with van der Waals surface area (Å²) >= 11 is 1.43. The fourth-order valence-electron chi connectivity index (χ4n) is 1.85. The molecule has 1 heterocycles. The minimum atomic E-state index is -0.0595. The first kappa shape index (κ1) is 14.9. The Morgan fingerprint density at radius 1 is 1.48 bits per heavy atom. The molecule has 0 aliphatic rings. The van der Waals surface area contributed by atoms with Gasteiger partial charge in [-0.1, -0.05) is 0 Å². The number of aromatic nitrogens is 1. The molecule has 0 bridgehead atoms. The van der Waals surface area contributed by atoms with Crippen molar-refractivity contribution >= 4 is 28.8 Å². The van der Waals surface area contributed by atoms with Gasteiger partial charge in [0.1, 0.15) is 10.8 Å². The van der Waals surface area contributed by atoms with Crippen LogP contribution in [0.4, 0.5) is 0 Å². The van der Waals surface area contributed by atoms with E-state index in [1.165, 1.54) is 25.4 Å². The zero-order valence-electron chi connectivity index (χ0n) is 12.0. The number of nitrogens with zero attached hydrogens (tertiary/aromatic N) is 2. The summed E-state index contributed by atoms with van der Waals surface area (Å²) < 4.78 is 5.29. The maximum absolute atomic E-state index is 11.9. The predicted octanol–water partition coefficient (Wildman–Crippen LogP) is 3.46. The number of benzene rings is 1. The van der Waals surface area contributed by atoms with E-state index in [4.69, 9.17) is 10.00 Å². The second kappa shape index (κ2) is 6.33. The Morgan fingerprint density at radius 3 is 2.76 bits per heavy atom. The number of carbonyl (C=O) groups is 1. The van der Waals surface area contributed by atoms with E-state index in [0.717, 1.165) is 11.3 Å². The van der Waals surface area contributed by atoms with Gasteiger partial charge in [0.15, 0.2) is 5.78 Å². The number of Topliss-reactive ketones (excluding diaryl/α,β-unsaturated/α-hetero) is 1. The lowest BCUT2D eigenvalue weighted by Gasteiger charge is -2.06. The van der Waals surface area contributed by atoms with E-state index in [-0.39, 0.29) is 5.78 Å². The second-order valence-electron chi connectivity index (χ2n) is 4.48. The Bertz CT molecular complexity index is 754. The Hall–Kier alpha value is -2.45. The molecule has 0 N–H and O–H groups in total. The molecule has 0 saturated heterocycles. The molecular formula is C16H14N2O2S. The van der Waals surface area contributed by atoms with Crippen LogP contribution in [0.3, 0.4) is 0 Å². The van der Waals surface area contributed by atoms with E-state index in [9.17, 15) is 4.79 Å². The lowest BCUT2D eigenvalue weighted by atomic mass is 10.1. The SMILES string of the molecule is COc1cc(C#N)ccc1/C=C(/C(C)=O)c1nc(C)cs1. The number of hydrogen-bond acceptors (Lipinski definition) is 5. The van der Waals surface area contributed by atoms with Gasteiger partial charge in [0, 0.05) is 16.6 Å². The molecular weight excluding hydrogens is 284 g/mol. The third kappa shape index (κ3) is 3.36. The first-order valence-corrected chi connectivity index (χ1v) is 7.16. The topological polar surface area (TPSA) is 63.0 Å². The van der Waals surface area contributed by atoms with Gasteiger partial charge in [-0.15, -0.1) is 11.3 Å². The van der Waals surface area contributed by atoms with Gasteiger partial charge in [-0.05, 0) is 38.1 Å². The molecule has 5 heteroatoms. The lowest BCUT2D eigenvalue weighted by molar-refractivity contribution is -0.111. The van der Waals surface area contributed by atoms with Crippen LogP contribution in [0.2, 0.25) is 0 Å². The van der Waals surface area contributed by atoms with E-state index >= 15 is 0 Å². The van der Waals surface area contributed by atoms with Crippen LogP contribution in [-0.2, 0) is 4.79 Å². The minimum Gasteiger partial charge on any atom is -0.496 e. The normalized spacial score (nSPS) is 11.0. The molecule has 0 aliphatic carbocycles. The van der Waals surface area contributed by atoms with Crippen molar-refractivity contribution in [1.82, 2.24) is 4.98 Å². The highest BCUT2D eigenvalue weighted by molar-refractivity contribution is 7.11. The smallest absolute Gasteiger partial charge is 0.162 e. The van der Waals surface area contributed by atoms with E-state index in [1.807, 2.05) is 12.3 Å². The molecule has 0 radical (unpaired) electrons. The molecule has 0 aliphatic heterocycles. The monoisotopic (exact) mass is 298 g/mol. The highest BCUT2D eigenvalue weighted by Crippen LogP contribution is 2.27. The summed E-state index contributed by atoms with van der Waals surface area (Å²) in [4.78, 5) is 16.2. The number of hydrogen-bond donors (Lipinski definition) is 0. The first-order chi connectivity index (χ1) is 10.0. The Labute approximate surface area is 127 Å². The van der Waals surface area contributed by atoms with Crippen LogP contribution >= 0.6 is 11.3 Å². The molecule has 2 aromatic rings. The van der Waals surface area contributed by atoms with Gasteiger partial charge in [-0.2, -0.15) is 5.26 Å². The van der Waals surface area contributed by atoms with Gasteiger partial charge in [0.25, 0.3) is 0 Å². The third-order valence-corrected chi connectivity index (χ3v) is 3.88. The number of ether oxygens (including phenoxy) is 1. The van der Waals surface area contributed by atoms with Crippen molar-refractivity contribution in [1.29, 1.82) is 5.26 Å². The van der Waals surface area contributed by atoms with Gasteiger partial charge in [-0.3, -0.25) is 4.79 Å². The number of carbonyl (C=O) groups excluding carboxylic acids is 1. The van der Waals surface area contributed by atoms with Crippen LogP contribution in [0, 0.1) is 18.3 Å². The third-order valence-electron chi connectivity index (χ3n) is 2.89. The molecule has 1 aromatic carbocycles. The fourth-order valence-corrected chi connectivity index (χ4v) is 2.71. The van der Waals surface area contributed by atoms with Crippen molar-refractivity contribution in [3.8, 4) is 11.8 Å². The van der Waals surface area contributed by atoms with E-state index < -0.39 is 0 Å². The number of rotatable bonds is 4. The summed E-state index contributed by atoms with van der Waals surface area (Å²) in [6, 6.07) is 7.17. The maximum Gasteiger partial charge on any atom is 0.162 e. The molecule has 4 nitrogen and oxygen atoms in total. The number of aryl methyl sites for hydroxylation is 1. The van der Waals surface area contributed by atoms with Gasteiger partial charge in [-0.25, -0.2) is 4.98 Å². The van der Waals surface area contributed by atoms with Crippen molar-refractivity contribution in [2.75, 3.05) is 7.11 Å². The molecule has 0 saturated carbocycles. The zero-order chi connectivity index (χ0) is 15.4. The van der Waals surface area contributed by atoms with E-state index in [2.05, 4.69) is 11.1 Å². The summed E-state index contributed by atoms with van der Waals surface area (Å²) in [5.74, 6) is 0.497. The van der Waals surface area contributed by atoms with Crippen LogP contribution in [0.5, 0.6) is 5.75 Å². The molecule has 0 fully saturated rings. The minimum absolute atomic E-state index is 0.0595. The Balaban J connectivity index is 2.53. The van der Waals surface area contributed by atoms with Gasteiger partial charge >= 0.3 is 0 Å². The summed E-state index contributed by atoms with van der Waals surface area (Å²) in [6.07, 6.45) is 1.75. The predicted molar refractivity (Wildman–Crippen MR) is 83.1 cm³/mol. The quantitative estimate of drug-likeness (QED) is 0.811. The number of nitriles is 1. The van der Waals surface area contributed by atoms with Crippen molar-refractivity contribution in [3.63, 3.8) is 0 Å². The highest BCUT2D eigenvalue weighted by Gasteiger charge is 2.13. The molecule has 0 spiro atoms. The van der Waals surface area contributed by atoms with Crippen LogP contribution in [0.15, 0.2) is 23.6 Å². The molecule has 21 heavy (non-hydrogen) atoms. The fraction of sp³-hybridized carbons (Fsp3) is 0.188. The summed E-state index contributed by atoms with van der Waals surface area (Å²) in [6.45, 7) is 3.40. The average molecular weight is 298 g/mol. The second-order valence-corrected chi connectivity index (χ2v) is 5.33. The number of allylic oxidation sites excluding steroid dienone is 1. The summed E-state index contributed by atoms with van der Waals surface area (Å²) in [7, 11) is 1.54. The molecule has 2 rings (SSSR count). The summed E-state index contributed by atoms with van der Waals surface area (Å²) in [5, 5.41) is 11.5. The van der Waals surface area contributed by atoms with Crippen molar-refractivity contribution in [2.45, 2.75) is 13.8 Å². The van der Waals surface area contributed by atoms with Crippen molar-refractivity contribution < 1.29 is 9.53 Å². The van der Waals surface area contributed by atoms with Gasteiger partial charge in [0.05, 0.1) is 24.3 Å². The highest BCUT2D eigenvalue weighted by atomic mass is 32.1. The molecule has 0 unspecified atom stereocenters.